The molecule has 2 aromatic carbocycles. The number of hydrogen-bond acceptors (Lipinski definition) is 17. The number of rotatable bonds is 16. The van der Waals surface area contributed by atoms with E-state index in [1.54, 1.807) is 69.8 Å². The average Bonchev–Trinajstić information content (AvgIpc) is 4.09. The number of carbonyl (C=O) groups is 2. The van der Waals surface area contributed by atoms with Gasteiger partial charge >= 0.3 is 6.72 Å². The van der Waals surface area contributed by atoms with Crippen LogP contribution in [-0.4, -0.2) is 127 Å². The molecule has 3 unspecified atom stereocenters. The molecule has 3 N–H and O–H groups in total. The number of aromatic nitrogens is 8. The van der Waals surface area contributed by atoms with Gasteiger partial charge in [0.05, 0.1) is 25.4 Å². The van der Waals surface area contributed by atoms with Gasteiger partial charge in [-0.05, 0) is 43.0 Å². The third kappa shape index (κ3) is 8.68. The Morgan fingerprint density at radius 2 is 1.37 bits per heavy atom. The van der Waals surface area contributed by atoms with Crippen molar-refractivity contribution >= 4 is 64.3 Å². The molecule has 6 aromatic rings. The van der Waals surface area contributed by atoms with Gasteiger partial charge < -0.3 is 48.6 Å². The van der Waals surface area contributed by atoms with Gasteiger partial charge in [0.1, 0.15) is 49.8 Å². The van der Waals surface area contributed by atoms with E-state index < -0.39 is 67.6 Å². The summed E-state index contributed by atoms with van der Waals surface area (Å²) in [5.41, 5.74) is 1.98. The van der Waals surface area contributed by atoms with Crippen molar-refractivity contribution in [1.82, 2.24) is 39.0 Å². The highest BCUT2D eigenvalue weighted by atomic mass is 32.5. The minimum atomic E-state index is -3.84. The highest BCUT2D eigenvalue weighted by Gasteiger charge is 2.50. The van der Waals surface area contributed by atoms with E-state index in [1.807, 2.05) is 0 Å². The number of hydrogen-bond donors (Lipinski definition) is 3. The van der Waals surface area contributed by atoms with E-state index in [4.69, 9.17) is 52.3 Å². The lowest BCUT2D eigenvalue weighted by Crippen LogP contribution is -2.36. The van der Waals surface area contributed by atoms with Gasteiger partial charge in [0, 0.05) is 26.7 Å². The van der Waals surface area contributed by atoms with Crippen LogP contribution in [-0.2, 0) is 44.3 Å². The SMILES string of the molecule is [2H]C[C@H]1O[C@@H](n2cnc3c(NC(=O)c4ccccc4)ncnc32)[C@@H](OC)C1OP(=S)(OCC[N+]#[C-])OC[C@H]1O[C@@H](n2cnc3c(NC(=O)c4ccccc4)ncnc32)[C@@H](OC)C1O. The summed E-state index contributed by atoms with van der Waals surface area (Å²) in [5.74, 6) is -0.448. The quantitative estimate of drug-likeness (QED) is 0.0709. The first kappa shape index (κ1) is 41.6. The first-order chi connectivity index (χ1) is 30.7. The van der Waals surface area contributed by atoms with Gasteiger partial charge in [0.15, 0.2) is 46.4 Å². The van der Waals surface area contributed by atoms with Crippen LogP contribution in [0.5, 0.6) is 0 Å². The van der Waals surface area contributed by atoms with E-state index in [-0.39, 0.29) is 49.3 Å². The van der Waals surface area contributed by atoms with E-state index in [0.717, 1.165) is 0 Å². The van der Waals surface area contributed by atoms with Gasteiger partial charge in [-0.15, -0.1) is 0 Å². The van der Waals surface area contributed by atoms with Crippen LogP contribution in [0.25, 0.3) is 27.2 Å². The highest BCUT2D eigenvalue weighted by Crippen LogP contribution is 2.54. The monoisotopic (exact) mass is 886 g/mol. The van der Waals surface area contributed by atoms with Gasteiger partial charge in [0.25, 0.3) is 11.8 Å². The summed E-state index contributed by atoms with van der Waals surface area (Å²) in [6, 6.07) is 17.2. The minimum Gasteiger partial charge on any atom is -0.387 e. The Kier molecular flexibility index (Phi) is 12.6. The van der Waals surface area contributed by atoms with Crippen molar-refractivity contribution in [2.24, 2.45) is 0 Å². The summed E-state index contributed by atoms with van der Waals surface area (Å²) in [6.45, 7) is 2.60. The zero-order valence-corrected chi connectivity index (χ0v) is 34.7. The fourth-order valence-electron chi connectivity index (χ4n) is 7.05. The molecule has 4 aromatic heterocycles. The number of ether oxygens (including phenoxy) is 4. The molecule has 21 nitrogen and oxygen atoms in total. The first-order valence-corrected chi connectivity index (χ1v) is 21.5. The number of aliphatic hydroxyl groups is 1. The Bertz CT molecular complexity index is 2660. The second-order valence-corrected chi connectivity index (χ2v) is 16.7. The Balaban J connectivity index is 0.996. The Labute approximate surface area is 360 Å². The normalized spacial score (nSPS) is 24.7. The number of imidazole rings is 2. The number of methoxy groups -OCH3 is 2. The fraction of sp³-hybridized carbons (Fsp3) is 0.359. The van der Waals surface area contributed by atoms with Crippen LogP contribution in [0.4, 0.5) is 11.6 Å². The standard InChI is InChI=1S/C39H40N11O10PS/c1-22-29(31(55-4)39(58-22)50-21-46-27-33(42-19-44-35(27)50)48-37(53)24-13-9-6-10-14-24)60-61(62,56-16-15-40-2)57-17-25-28(51)30(54-3)38(59-25)49-20-45-26-32(41-18-43-34(26)49)47-36(52)23-11-7-5-8-12-23/h5-14,18-22,25,28-31,38-39,51H,15-17H2,1,3-4H3,(H,41,43,47,52)(H,42,44,48,53)/t22-,25-,28?,29?,30+,31+,38-,39-,61?/m1/s1/i1D. The minimum absolute atomic E-state index is 0.0614. The lowest BCUT2D eigenvalue weighted by molar-refractivity contribution is -0.0603. The summed E-state index contributed by atoms with van der Waals surface area (Å²) < 4.78 is 54.4. The number of nitrogens with zero attached hydrogens (tertiary/aromatic N) is 9. The number of aliphatic hydroxyl groups excluding tert-OH is 1. The van der Waals surface area contributed by atoms with Crippen LogP contribution >= 0.6 is 6.72 Å². The number of fused-ring (bicyclic) bond motifs is 2. The molecule has 62 heavy (non-hydrogen) atoms. The van der Waals surface area contributed by atoms with Crippen molar-refractivity contribution in [2.45, 2.75) is 56.0 Å². The third-order valence-electron chi connectivity index (χ3n) is 10.0. The van der Waals surface area contributed by atoms with Gasteiger partial charge in [0.2, 0.25) is 6.54 Å². The molecule has 2 aliphatic rings. The molecule has 9 atom stereocenters. The maximum atomic E-state index is 13.0. The van der Waals surface area contributed by atoms with E-state index in [9.17, 15) is 14.7 Å². The third-order valence-corrected chi connectivity index (χ3v) is 12.4. The molecule has 2 amide bonds. The maximum Gasteiger partial charge on any atom is 0.327 e. The van der Waals surface area contributed by atoms with Crippen LogP contribution in [0.2, 0.25) is 0 Å². The summed E-state index contributed by atoms with van der Waals surface area (Å²) in [5, 5.41) is 17.0. The van der Waals surface area contributed by atoms with Gasteiger partial charge in [-0.1, -0.05) is 36.4 Å². The summed E-state index contributed by atoms with van der Waals surface area (Å²) >= 11 is 5.91. The molecule has 2 saturated heterocycles. The molecule has 23 heteroatoms. The van der Waals surface area contributed by atoms with Crippen LogP contribution in [0.1, 0.15) is 41.4 Å². The second kappa shape index (κ2) is 18.7. The molecule has 8 rings (SSSR count). The molecule has 2 aliphatic heterocycles. The zero-order valence-electron chi connectivity index (χ0n) is 34.0. The molecule has 0 radical (unpaired) electrons. The van der Waals surface area contributed by atoms with E-state index in [0.29, 0.717) is 22.4 Å². The average molecular weight is 887 g/mol. The number of carbonyl (C=O) groups excluding carboxylic acids is 2. The maximum absolute atomic E-state index is 13.0. The van der Waals surface area contributed by atoms with Crippen LogP contribution in [0.3, 0.4) is 0 Å². The molecule has 0 bridgehead atoms. The first-order valence-electron chi connectivity index (χ1n) is 19.7. The lowest BCUT2D eigenvalue weighted by atomic mass is 10.1. The fourth-order valence-corrected chi connectivity index (χ4v) is 9.14. The summed E-state index contributed by atoms with van der Waals surface area (Å²) in [7, 11) is 2.85. The molecular formula is C39H40N11O10PS. The molecule has 2 fully saturated rings. The largest absolute Gasteiger partial charge is 0.387 e. The smallest absolute Gasteiger partial charge is 0.327 e. The summed E-state index contributed by atoms with van der Waals surface area (Å²) in [4.78, 5) is 55.4. The topological polar surface area (TPSA) is 235 Å². The van der Waals surface area contributed by atoms with Gasteiger partial charge in [-0.3, -0.25) is 23.2 Å². The molecular weight excluding hydrogens is 846 g/mol. The summed E-state index contributed by atoms with van der Waals surface area (Å²) in [6.07, 6.45) is -2.69. The predicted octanol–water partition coefficient (Wildman–Crippen LogP) is 3.94. The Morgan fingerprint density at radius 3 is 1.89 bits per heavy atom. The van der Waals surface area contributed by atoms with Gasteiger partial charge in [-0.2, -0.15) is 0 Å². The Morgan fingerprint density at radius 1 is 0.823 bits per heavy atom. The van der Waals surface area contributed by atoms with Crippen LogP contribution < -0.4 is 10.6 Å². The number of nitrogens with one attached hydrogen (secondary N) is 2. The number of anilines is 2. The number of amides is 2. The second-order valence-electron chi connectivity index (χ2n) is 13.8. The van der Waals surface area contributed by atoms with Crippen molar-refractivity contribution in [3.8, 4) is 0 Å². The van der Waals surface area contributed by atoms with Crippen molar-refractivity contribution in [2.75, 3.05) is 44.6 Å². The van der Waals surface area contributed by atoms with E-state index >= 15 is 0 Å². The predicted molar refractivity (Wildman–Crippen MR) is 223 cm³/mol. The molecule has 322 valence electrons. The van der Waals surface area contributed by atoms with Crippen LogP contribution in [0.15, 0.2) is 86.0 Å². The van der Waals surface area contributed by atoms with Crippen molar-refractivity contribution in [1.29, 1.82) is 0 Å². The molecule has 0 spiro atoms. The van der Waals surface area contributed by atoms with Crippen LogP contribution in [0, 0.1) is 6.57 Å². The molecule has 6 heterocycles. The van der Waals surface area contributed by atoms with Gasteiger partial charge in [-0.25, -0.2) is 36.5 Å². The van der Waals surface area contributed by atoms with E-state index in [2.05, 4.69) is 45.4 Å². The zero-order chi connectivity index (χ0) is 44.1. The Hall–Kier alpha value is -5.70. The van der Waals surface area contributed by atoms with E-state index in [1.165, 1.54) is 39.5 Å². The lowest BCUT2D eigenvalue weighted by Gasteiger charge is -2.29. The highest BCUT2D eigenvalue weighted by molar-refractivity contribution is 8.07. The van der Waals surface area contributed by atoms with Crippen molar-refractivity contribution in [3.63, 3.8) is 0 Å². The van der Waals surface area contributed by atoms with Crippen molar-refractivity contribution < 1.29 is 48.6 Å². The number of benzene rings is 2. The molecule has 0 saturated carbocycles. The molecule has 0 aliphatic carbocycles. The van der Waals surface area contributed by atoms with Crippen molar-refractivity contribution in [3.05, 3.63) is 109 Å².